The van der Waals surface area contributed by atoms with Crippen molar-refractivity contribution in [1.82, 2.24) is 5.43 Å². The lowest BCUT2D eigenvalue weighted by Gasteiger charge is -2.07. The summed E-state index contributed by atoms with van der Waals surface area (Å²) in [7, 11) is 1.42. The monoisotopic (exact) mass is 405 g/mol. The number of aromatic hydroxyl groups is 1. The predicted molar refractivity (Wildman–Crippen MR) is 112 cm³/mol. The van der Waals surface area contributed by atoms with Crippen LogP contribution in [0.2, 0.25) is 0 Å². The summed E-state index contributed by atoms with van der Waals surface area (Å²) >= 11 is 0. The number of anilines is 1. The molecular formula is C22H19N3O5. The van der Waals surface area contributed by atoms with Gasteiger partial charge in [0.1, 0.15) is 11.5 Å². The summed E-state index contributed by atoms with van der Waals surface area (Å²) in [6.45, 7) is 0. The number of para-hydroxylation sites is 2. The largest absolute Gasteiger partial charge is 0.504 e. The number of benzene rings is 3. The van der Waals surface area contributed by atoms with Crippen LogP contribution in [0.3, 0.4) is 0 Å². The molecule has 0 bridgehead atoms. The number of ether oxygens (including phenoxy) is 2. The third-order valence-electron chi connectivity index (χ3n) is 3.92. The van der Waals surface area contributed by atoms with Gasteiger partial charge in [-0.25, -0.2) is 5.43 Å². The number of phenols is 1. The Kier molecular flexibility index (Phi) is 6.63. The van der Waals surface area contributed by atoms with E-state index in [0.29, 0.717) is 22.7 Å². The number of amides is 2. The van der Waals surface area contributed by atoms with E-state index in [-0.39, 0.29) is 11.5 Å². The van der Waals surface area contributed by atoms with E-state index in [1.165, 1.54) is 13.3 Å². The predicted octanol–water partition coefficient (Wildman–Crippen LogP) is 3.28. The Morgan fingerprint density at radius 2 is 1.60 bits per heavy atom. The van der Waals surface area contributed by atoms with E-state index >= 15 is 0 Å². The number of hydrazone groups is 1. The maximum Gasteiger partial charge on any atom is 0.329 e. The number of hydrogen-bond donors (Lipinski definition) is 3. The highest BCUT2D eigenvalue weighted by Gasteiger charge is 2.13. The number of hydrogen-bond acceptors (Lipinski definition) is 6. The Balaban J connectivity index is 1.53. The zero-order chi connectivity index (χ0) is 21.3. The lowest BCUT2D eigenvalue weighted by Crippen LogP contribution is -2.32. The van der Waals surface area contributed by atoms with Gasteiger partial charge in [0.25, 0.3) is 0 Å². The second-order valence-electron chi connectivity index (χ2n) is 5.99. The Morgan fingerprint density at radius 3 is 2.30 bits per heavy atom. The topological polar surface area (TPSA) is 109 Å². The molecule has 0 unspecified atom stereocenters. The number of phenolic OH excluding ortho intramolecular Hbond substituents is 1. The molecule has 30 heavy (non-hydrogen) atoms. The van der Waals surface area contributed by atoms with Crippen LogP contribution in [0.5, 0.6) is 23.0 Å². The van der Waals surface area contributed by atoms with Gasteiger partial charge < -0.3 is 19.9 Å². The second-order valence-corrected chi connectivity index (χ2v) is 5.99. The standard InChI is InChI=1S/C22H19N3O5/c1-29-19-9-5-6-15(20(19)26)14-23-25-22(28)21(27)24-16-10-12-18(13-11-16)30-17-7-3-2-4-8-17/h2-14,26H,1H3,(H,24,27)(H,25,28)/b23-14-. The van der Waals surface area contributed by atoms with Crippen LogP contribution in [0.15, 0.2) is 77.9 Å². The SMILES string of the molecule is COc1cccc(/C=N\NC(=O)C(=O)Nc2ccc(Oc3ccccc3)cc2)c1O. The molecule has 2 amide bonds. The number of methoxy groups -OCH3 is 1. The van der Waals surface area contributed by atoms with Crippen LogP contribution >= 0.6 is 0 Å². The van der Waals surface area contributed by atoms with E-state index in [2.05, 4.69) is 15.8 Å². The normalized spacial score (nSPS) is 10.4. The van der Waals surface area contributed by atoms with Crippen molar-refractivity contribution in [2.75, 3.05) is 12.4 Å². The molecule has 152 valence electrons. The van der Waals surface area contributed by atoms with Gasteiger partial charge in [0.2, 0.25) is 0 Å². The van der Waals surface area contributed by atoms with Crippen molar-refractivity contribution in [2.24, 2.45) is 5.10 Å². The van der Waals surface area contributed by atoms with Crippen molar-refractivity contribution < 1.29 is 24.2 Å². The average Bonchev–Trinajstić information content (AvgIpc) is 2.77. The Labute approximate surface area is 172 Å². The van der Waals surface area contributed by atoms with Crippen LogP contribution in [0.25, 0.3) is 0 Å². The van der Waals surface area contributed by atoms with E-state index in [0.717, 1.165) is 0 Å². The first-order valence-electron chi connectivity index (χ1n) is 8.90. The molecule has 0 aliphatic heterocycles. The van der Waals surface area contributed by atoms with Gasteiger partial charge in [0.05, 0.1) is 13.3 Å². The van der Waals surface area contributed by atoms with Gasteiger partial charge in [0.15, 0.2) is 11.5 Å². The molecule has 3 N–H and O–H groups in total. The van der Waals surface area contributed by atoms with E-state index in [1.807, 2.05) is 30.3 Å². The molecule has 0 spiro atoms. The van der Waals surface area contributed by atoms with Gasteiger partial charge in [-0.05, 0) is 48.5 Å². The summed E-state index contributed by atoms with van der Waals surface area (Å²) in [6.07, 6.45) is 1.21. The summed E-state index contributed by atoms with van der Waals surface area (Å²) < 4.78 is 10.7. The van der Waals surface area contributed by atoms with Gasteiger partial charge >= 0.3 is 11.8 Å². The van der Waals surface area contributed by atoms with Gasteiger partial charge in [-0.15, -0.1) is 0 Å². The van der Waals surface area contributed by atoms with Gasteiger partial charge in [-0.3, -0.25) is 9.59 Å². The minimum atomic E-state index is -0.960. The molecule has 0 aromatic heterocycles. The summed E-state index contributed by atoms with van der Waals surface area (Å²) in [5.74, 6) is -0.431. The molecule has 0 saturated heterocycles. The van der Waals surface area contributed by atoms with E-state index in [4.69, 9.17) is 9.47 Å². The lowest BCUT2D eigenvalue weighted by molar-refractivity contribution is -0.136. The molecule has 0 radical (unpaired) electrons. The van der Waals surface area contributed by atoms with E-state index in [9.17, 15) is 14.7 Å². The smallest absolute Gasteiger partial charge is 0.329 e. The Morgan fingerprint density at radius 1 is 0.900 bits per heavy atom. The highest BCUT2D eigenvalue weighted by atomic mass is 16.5. The molecule has 0 aliphatic carbocycles. The maximum atomic E-state index is 12.0. The summed E-state index contributed by atoms with van der Waals surface area (Å²) in [4.78, 5) is 23.9. The summed E-state index contributed by atoms with van der Waals surface area (Å²) in [5, 5.41) is 16.1. The first-order chi connectivity index (χ1) is 14.6. The summed E-state index contributed by atoms with van der Waals surface area (Å²) in [6, 6.07) is 20.6. The Hall–Kier alpha value is -4.33. The van der Waals surface area contributed by atoms with Crippen LogP contribution in [0.4, 0.5) is 5.69 Å². The quantitative estimate of drug-likeness (QED) is 0.331. The highest BCUT2D eigenvalue weighted by Crippen LogP contribution is 2.28. The maximum absolute atomic E-state index is 12.0. The molecule has 3 aromatic rings. The van der Waals surface area contributed by atoms with Crippen molar-refractivity contribution >= 4 is 23.7 Å². The van der Waals surface area contributed by atoms with Gasteiger partial charge in [0, 0.05) is 11.3 Å². The summed E-state index contributed by atoms with van der Waals surface area (Å²) in [5.41, 5.74) is 2.85. The number of nitrogens with one attached hydrogen (secondary N) is 2. The first-order valence-corrected chi connectivity index (χ1v) is 8.90. The molecule has 0 aliphatic rings. The van der Waals surface area contributed by atoms with Crippen LogP contribution in [-0.2, 0) is 9.59 Å². The van der Waals surface area contributed by atoms with E-state index < -0.39 is 11.8 Å². The number of carbonyl (C=O) groups is 2. The number of rotatable bonds is 6. The van der Waals surface area contributed by atoms with Crippen molar-refractivity contribution in [1.29, 1.82) is 0 Å². The molecule has 0 atom stereocenters. The van der Waals surface area contributed by atoms with Crippen molar-refractivity contribution in [3.05, 3.63) is 78.4 Å². The molecule has 0 fully saturated rings. The fourth-order valence-electron chi connectivity index (χ4n) is 2.44. The third-order valence-corrected chi connectivity index (χ3v) is 3.92. The van der Waals surface area contributed by atoms with Crippen LogP contribution in [-0.4, -0.2) is 30.2 Å². The third kappa shape index (κ3) is 5.35. The molecular weight excluding hydrogens is 386 g/mol. The van der Waals surface area contributed by atoms with Crippen LogP contribution in [0, 0.1) is 0 Å². The second kappa shape index (κ2) is 9.74. The zero-order valence-electron chi connectivity index (χ0n) is 16.0. The Bertz CT molecular complexity index is 1050. The molecule has 3 aromatic carbocycles. The number of carbonyl (C=O) groups excluding carboxylic acids is 2. The lowest BCUT2D eigenvalue weighted by atomic mass is 10.2. The van der Waals surface area contributed by atoms with Crippen LogP contribution in [0.1, 0.15) is 5.56 Å². The molecule has 0 heterocycles. The fourth-order valence-corrected chi connectivity index (χ4v) is 2.44. The van der Waals surface area contributed by atoms with Crippen molar-refractivity contribution in [2.45, 2.75) is 0 Å². The van der Waals surface area contributed by atoms with Crippen LogP contribution < -0.4 is 20.2 Å². The average molecular weight is 405 g/mol. The molecule has 0 saturated carbocycles. The molecule has 8 nitrogen and oxygen atoms in total. The fraction of sp³-hybridized carbons (Fsp3) is 0.0455. The van der Waals surface area contributed by atoms with Crippen molar-refractivity contribution in [3.8, 4) is 23.0 Å². The number of nitrogens with zero attached hydrogens (tertiary/aromatic N) is 1. The minimum Gasteiger partial charge on any atom is -0.504 e. The van der Waals surface area contributed by atoms with Gasteiger partial charge in [-0.1, -0.05) is 24.3 Å². The minimum absolute atomic E-state index is 0.125. The van der Waals surface area contributed by atoms with Gasteiger partial charge in [-0.2, -0.15) is 5.10 Å². The molecule has 8 heteroatoms. The van der Waals surface area contributed by atoms with E-state index in [1.54, 1.807) is 42.5 Å². The zero-order valence-corrected chi connectivity index (χ0v) is 16.0. The molecule has 3 rings (SSSR count). The first kappa shape index (κ1) is 20.4. The highest BCUT2D eigenvalue weighted by molar-refractivity contribution is 6.39. The van der Waals surface area contributed by atoms with Crippen molar-refractivity contribution in [3.63, 3.8) is 0 Å².